The molecule has 1 fully saturated rings. The third kappa shape index (κ3) is 4.88. The van der Waals surface area contributed by atoms with Crippen molar-refractivity contribution in [3.8, 4) is 11.5 Å². The fraction of sp³-hybridized carbons (Fsp3) is 0.250. The minimum Gasteiger partial charge on any atom is -0.497 e. The highest BCUT2D eigenvalue weighted by atomic mass is 16.6. The topological polar surface area (TPSA) is 96.5 Å². The Balaban J connectivity index is 1.37. The Bertz CT molecular complexity index is 1620. The molecule has 3 atom stereocenters. The summed E-state index contributed by atoms with van der Waals surface area (Å²) in [6.07, 6.45) is 3.12. The van der Waals surface area contributed by atoms with Gasteiger partial charge >= 0.3 is 0 Å². The average molecular weight is 554 g/mol. The van der Waals surface area contributed by atoms with Crippen molar-refractivity contribution in [3.05, 3.63) is 131 Å². The van der Waals surface area contributed by atoms with Crippen molar-refractivity contribution in [2.75, 3.05) is 20.8 Å². The van der Waals surface area contributed by atoms with E-state index < -0.39 is 24.0 Å². The predicted molar refractivity (Wildman–Crippen MR) is 152 cm³/mol. The molecule has 6 rings (SSSR count). The molecule has 0 aliphatic carbocycles. The maximum absolute atomic E-state index is 12.2. The summed E-state index contributed by atoms with van der Waals surface area (Å²) in [7, 11) is 3.27. The van der Waals surface area contributed by atoms with Crippen molar-refractivity contribution >= 4 is 5.78 Å². The summed E-state index contributed by atoms with van der Waals surface area (Å²) in [6, 6.07) is 27.1. The highest BCUT2D eigenvalue weighted by molar-refractivity contribution is 5.49. The van der Waals surface area contributed by atoms with Gasteiger partial charge in [0.25, 0.3) is 5.56 Å². The van der Waals surface area contributed by atoms with Crippen LogP contribution in [0, 0.1) is 0 Å². The van der Waals surface area contributed by atoms with Gasteiger partial charge in [-0.05, 0) is 41.0 Å². The lowest BCUT2D eigenvalue weighted by atomic mass is 9.80. The predicted octanol–water partition coefficient (Wildman–Crippen LogP) is 4.17. The largest absolute Gasteiger partial charge is 0.497 e. The second-order valence-corrected chi connectivity index (χ2v) is 9.93. The number of imidazole rings is 1. The summed E-state index contributed by atoms with van der Waals surface area (Å²) in [6.45, 7) is 0.186. The monoisotopic (exact) mass is 553 g/mol. The van der Waals surface area contributed by atoms with Crippen molar-refractivity contribution in [3.63, 3.8) is 0 Å². The summed E-state index contributed by atoms with van der Waals surface area (Å²) in [5, 5.41) is 11.0. The number of benzene rings is 3. The molecule has 0 spiro atoms. The second kappa shape index (κ2) is 11.2. The van der Waals surface area contributed by atoms with Gasteiger partial charge in [-0.25, -0.2) is 4.98 Å². The number of hydrogen-bond acceptors (Lipinski definition) is 7. The maximum atomic E-state index is 12.2. The van der Waals surface area contributed by atoms with Crippen LogP contribution < -0.4 is 15.0 Å². The number of aliphatic hydroxyl groups is 1. The molecule has 3 heterocycles. The zero-order chi connectivity index (χ0) is 28.4. The van der Waals surface area contributed by atoms with E-state index in [4.69, 9.17) is 18.9 Å². The van der Waals surface area contributed by atoms with Crippen LogP contribution in [0.3, 0.4) is 0 Å². The number of hydrogen-bond donors (Lipinski definition) is 1. The van der Waals surface area contributed by atoms with Crippen molar-refractivity contribution in [1.82, 2.24) is 14.0 Å². The Morgan fingerprint density at radius 1 is 0.878 bits per heavy atom. The second-order valence-electron chi connectivity index (χ2n) is 9.93. The average Bonchev–Trinajstić information content (AvgIpc) is 3.66. The molecule has 3 aromatic carbocycles. The minimum absolute atomic E-state index is 0.186. The number of aromatic nitrogens is 3. The Kier molecular flexibility index (Phi) is 7.32. The molecule has 2 aromatic heterocycles. The van der Waals surface area contributed by atoms with Crippen molar-refractivity contribution in [2.45, 2.75) is 30.5 Å². The lowest BCUT2D eigenvalue weighted by Crippen LogP contribution is -2.35. The van der Waals surface area contributed by atoms with Gasteiger partial charge in [-0.2, -0.15) is 0 Å². The highest BCUT2D eigenvalue weighted by Crippen LogP contribution is 2.42. The van der Waals surface area contributed by atoms with Gasteiger partial charge in [0.05, 0.1) is 26.9 Å². The molecule has 0 bridgehead atoms. The smallest absolute Gasteiger partial charge is 0.258 e. The molecule has 1 N–H and O–H groups in total. The van der Waals surface area contributed by atoms with Crippen molar-refractivity contribution in [2.24, 2.45) is 0 Å². The zero-order valence-corrected chi connectivity index (χ0v) is 22.8. The molecule has 210 valence electrons. The van der Waals surface area contributed by atoms with Crippen molar-refractivity contribution in [1.29, 1.82) is 0 Å². The quantitative estimate of drug-likeness (QED) is 0.274. The molecule has 9 heteroatoms. The van der Waals surface area contributed by atoms with E-state index in [-0.39, 0.29) is 12.2 Å². The number of methoxy groups -OCH3 is 2. The molecular weight excluding hydrogens is 522 g/mol. The van der Waals surface area contributed by atoms with Gasteiger partial charge in [-0.15, -0.1) is 0 Å². The third-order valence-corrected chi connectivity index (χ3v) is 7.57. The van der Waals surface area contributed by atoms with Crippen LogP contribution in [0.15, 0.2) is 108 Å². The number of ether oxygens (including phenoxy) is 4. The maximum Gasteiger partial charge on any atom is 0.258 e. The molecule has 9 nitrogen and oxygen atoms in total. The van der Waals surface area contributed by atoms with Crippen LogP contribution >= 0.6 is 0 Å². The Labute approximate surface area is 237 Å². The minimum atomic E-state index is -1.00. The van der Waals surface area contributed by atoms with Crippen LogP contribution in [0.2, 0.25) is 0 Å². The van der Waals surface area contributed by atoms with Gasteiger partial charge in [-0.3, -0.25) is 13.8 Å². The number of fused-ring (bicyclic) bond motifs is 1. The molecule has 41 heavy (non-hydrogen) atoms. The zero-order valence-electron chi connectivity index (χ0n) is 22.8. The first kappa shape index (κ1) is 26.8. The summed E-state index contributed by atoms with van der Waals surface area (Å²) in [5.41, 5.74) is 1.55. The molecule has 5 aromatic rings. The van der Waals surface area contributed by atoms with E-state index in [1.165, 1.54) is 10.5 Å². The Morgan fingerprint density at radius 2 is 1.49 bits per heavy atom. The van der Waals surface area contributed by atoms with E-state index in [9.17, 15) is 9.90 Å². The number of rotatable bonds is 9. The molecule has 0 amide bonds. The molecule has 1 saturated heterocycles. The molecule has 0 radical (unpaired) electrons. The first-order chi connectivity index (χ1) is 20.0. The van der Waals surface area contributed by atoms with Crippen LogP contribution in [0.1, 0.15) is 29.3 Å². The van der Waals surface area contributed by atoms with Gasteiger partial charge in [0.2, 0.25) is 5.78 Å². The van der Waals surface area contributed by atoms with Crippen LogP contribution in [0.4, 0.5) is 0 Å². The highest BCUT2D eigenvalue weighted by Gasteiger charge is 2.41. The van der Waals surface area contributed by atoms with Crippen molar-refractivity contribution < 1.29 is 24.1 Å². The summed E-state index contributed by atoms with van der Waals surface area (Å²) in [4.78, 5) is 16.5. The summed E-state index contributed by atoms with van der Waals surface area (Å²) >= 11 is 0. The normalized spacial score (nSPS) is 19.0. The lowest BCUT2D eigenvalue weighted by Gasteiger charge is -2.37. The fourth-order valence-electron chi connectivity index (χ4n) is 5.53. The standard InChI is InChI=1S/C32H31N3O6/c1-38-25-12-8-23(9-13-25)32(22-6-4-3-5-7-22,24-10-14-26(39-2)15-11-24)40-21-27-20-28(36)30(41-27)35-18-16-29(37)34-19-17-33-31(34)35/h3-19,27-28,30,36H,20-21H2,1-2H3/t27-,28+,30+/m0/s1. The van der Waals surface area contributed by atoms with E-state index in [0.717, 1.165) is 28.2 Å². The van der Waals surface area contributed by atoms with Crippen LogP contribution in [0.25, 0.3) is 5.78 Å². The Hall–Kier alpha value is -4.44. The van der Waals surface area contributed by atoms with Gasteiger partial charge in [0.15, 0.2) is 6.23 Å². The number of nitrogens with zero attached hydrogens (tertiary/aromatic N) is 3. The van der Waals surface area contributed by atoms with E-state index in [1.54, 1.807) is 37.4 Å². The fourth-order valence-corrected chi connectivity index (χ4v) is 5.53. The Morgan fingerprint density at radius 3 is 2.10 bits per heavy atom. The molecule has 1 aliphatic rings. The van der Waals surface area contributed by atoms with E-state index >= 15 is 0 Å². The first-order valence-corrected chi connectivity index (χ1v) is 13.4. The van der Waals surface area contributed by atoms with Crippen LogP contribution in [-0.4, -0.2) is 52.1 Å². The van der Waals surface area contributed by atoms with Crippen LogP contribution in [-0.2, 0) is 15.1 Å². The van der Waals surface area contributed by atoms with E-state index in [1.807, 2.05) is 78.9 Å². The van der Waals surface area contributed by atoms with E-state index in [2.05, 4.69) is 4.98 Å². The SMILES string of the molecule is COc1ccc(C(OC[C@@H]2C[C@@H](O)[C@H](n3ccc(=O)n4ccnc34)O2)(c2ccccc2)c2ccc(OC)cc2)cc1. The van der Waals surface area contributed by atoms with Crippen LogP contribution in [0.5, 0.6) is 11.5 Å². The molecule has 0 saturated carbocycles. The lowest BCUT2D eigenvalue weighted by molar-refractivity contribution is -0.0854. The van der Waals surface area contributed by atoms with Gasteiger partial charge in [-0.1, -0.05) is 54.6 Å². The molecular formula is C32H31N3O6. The van der Waals surface area contributed by atoms with Gasteiger partial charge in [0.1, 0.15) is 23.2 Å². The molecule has 1 aliphatic heterocycles. The van der Waals surface area contributed by atoms with Gasteiger partial charge < -0.3 is 24.1 Å². The van der Waals surface area contributed by atoms with E-state index in [0.29, 0.717) is 12.2 Å². The summed E-state index contributed by atoms with van der Waals surface area (Å²) in [5.74, 6) is 1.88. The molecule has 0 unspecified atom stereocenters. The number of aliphatic hydroxyl groups excluding tert-OH is 1. The summed E-state index contributed by atoms with van der Waals surface area (Å²) < 4.78 is 27.3. The van der Waals surface area contributed by atoms with Gasteiger partial charge in [0, 0.05) is 31.1 Å². The third-order valence-electron chi connectivity index (χ3n) is 7.57. The first-order valence-electron chi connectivity index (χ1n) is 13.4.